The minimum atomic E-state index is -0.240. The molecule has 0 bridgehead atoms. The zero-order valence-electron chi connectivity index (χ0n) is 20.7. The maximum absolute atomic E-state index is 16.2. The average molecular weight is 473 g/mol. The highest BCUT2D eigenvalue weighted by atomic mass is 32.1. The Hall–Kier alpha value is -2.27. The van der Waals surface area contributed by atoms with Gasteiger partial charge >= 0.3 is 0 Å². The minimum absolute atomic E-state index is 0.108. The SMILES string of the molecule is CCN(C)/C(=C(/F)C(=NC)N1CCCC(C)(C)C1)N1CC2(CCCc3sc(N)c(C#N)c32)C1. The molecule has 0 atom stereocenters. The lowest BCUT2D eigenvalue weighted by atomic mass is 9.66. The summed E-state index contributed by atoms with van der Waals surface area (Å²) in [7, 11) is 3.64. The van der Waals surface area contributed by atoms with Gasteiger partial charge in [-0.25, -0.2) is 0 Å². The fourth-order valence-electron chi connectivity index (χ4n) is 5.99. The molecule has 0 unspecified atom stereocenters. The Balaban J connectivity index is 1.66. The zero-order chi connectivity index (χ0) is 24.0. The molecule has 33 heavy (non-hydrogen) atoms. The van der Waals surface area contributed by atoms with Gasteiger partial charge in [0.25, 0.3) is 0 Å². The Bertz CT molecular complexity index is 1010. The quantitative estimate of drug-likeness (QED) is 0.522. The van der Waals surface area contributed by atoms with Crippen LogP contribution in [0.5, 0.6) is 0 Å². The van der Waals surface area contributed by atoms with Crippen LogP contribution in [0, 0.1) is 16.7 Å². The summed E-state index contributed by atoms with van der Waals surface area (Å²) in [5, 5.41) is 10.4. The lowest BCUT2D eigenvalue weighted by Crippen LogP contribution is -2.61. The molecule has 0 radical (unpaired) electrons. The van der Waals surface area contributed by atoms with Crippen molar-refractivity contribution in [2.75, 3.05) is 52.6 Å². The number of thiophene rings is 1. The van der Waals surface area contributed by atoms with Gasteiger partial charge < -0.3 is 20.4 Å². The molecular weight excluding hydrogens is 435 g/mol. The van der Waals surface area contributed by atoms with Crippen molar-refractivity contribution in [2.45, 2.75) is 58.3 Å². The third-order valence-corrected chi connectivity index (χ3v) is 8.72. The van der Waals surface area contributed by atoms with Crippen LogP contribution in [0.1, 0.15) is 62.5 Å². The maximum Gasteiger partial charge on any atom is 0.205 e. The summed E-state index contributed by atoms with van der Waals surface area (Å²) in [6.07, 6.45) is 5.28. The predicted octanol–water partition coefficient (Wildman–Crippen LogP) is 4.33. The molecule has 1 aromatic rings. The molecule has 1 aromatic heterocycles. The second kappa shape index (κ2) is 8.83. The summed E-state index contributed by atoms with van der Waals surface area (Å²) in [5.74, 6) is 0.831. The molecule has 3 heterocycles. The van der Waals surface area contributed by atoms with Gasteiger partial charge in [-0.15, -0.1) is 11.3 Å². The molecule has 2 aliphatic heterocycles. The summed E-state index contributed by atoms with van der Waals surface area (Å²) in [5.41, 5.74) is 8.02. The number of fused-ring (bicyclic) bond motifs is 2. The lowest BCUT2D eigenvalue weighted by molar-refractivity contribution is 0.0526. The lowest BCUT2D eigenvalue weighted by Gasteiger charge is -2.55. The number of nitrogen functional groups attached to an aromatic ring is 1. The van der Waals surface area contributed by atoms with E-state index in [9.17, 15) is 5.26 Å². The summed E-state index contributed by atoms with van der Waals surface area (Å²) in [4.78, 5) is 11.9. The standard InChI is InChI=1S/C25H37FN6S/c1-6-30(5)23(20(26)22(29-4)31-12-8-10-24(2,3)14-31)32-15-25(16-32)11-7-9-18-19(25)17(13-27)21(28)33-18/h6-12,14-16,28H2,1-5H3/b23-20-,29-22?. The number of nitrogens with two attached hydrogens (primary N) is 1. The summed E-state index contributed by atoms with van der Waals surface area (Å²) < 4.78 is 16.2. The molecule has 3 aliphatic rings. The average Bonchev–Trinajstić information content (AvgIpc) is 3.08. The fourth-order valence-corrected chi connectivity index (χ4v) is 7.17. The highest BCUT2D eigenvalue weighted by molar-refractivity contribution is 7.16. The number of likely N-dealkylation sites (tertiary alicyclic amines) is 2. The topological polar surface area (TPSA) is 71.9 Å². The van der Waals surface area contributed by atoms with Gasteiger partial charge in [0.2, 0.25) is 5.83 Å². The Kier molecular flexibility index (Phi) is 6.38. The molecule has 1 spiro atoms. The van der Waals surface area contributed by atoms with E-state index in [-0.39, 0.29) is 16.7 Å². The largest absolute Gasteiger partial charge is 0.389 e. The van der Waals surface area contributed by atoms with Crippen molar-refractivity contribution < 1.29 is 4.39 Å². The van der Waals surface area contributed by atoms with E-state index < -0.39 is 0 Å². The number of aryl methyl sites for hydroxylation is 1. The van der Waals surface area contributed by atoms with Crippen molar-refractivity contribution in [1.29, 1.82) is 5.26 Å². The van der Waals surface area contributed by atoms with Crippen LogP contribution in [0.3, 0.4) is 0 Å². The molecule has 0 amide bonds. The van der Waals surface area contributed by atoms with E-state index >= 15 is 4.39 Å². The highest BCUT2D eigenvalue weighted by Gasteiger charge is 2.51. The van der Waals surface area contributed by atoms with Gasteiger partial charge in [-0.3, -0.25) is 4.99 Å². The van der Waals surface area contributed by atoms with Gasteiger partial charge in [0.05, 0.1) is 5.56 Å². The van der Waals surface area contributed by atoms with Crippen molar-refractivity contribution in [1.82, 2.24) is 14.7 Å². The van der Waals surface area contributed by atoms with Gasteiger partial charge in [0.15, 0.2) is 5.84 Å². The normalized spacial score (nSPS) is 22.4. The first-order chi connectivity index (χ1) is 15.7. The number of nitriles is 1. The first kappa shape index (κ1) is 23.9. The molecule has 180 valence electrons. The van der Waals surface area contributed by atoms with Gasteiger partial charge in [-0.05, 0) is 50.0 Å². The predicted molar refractivity (Wildman–Crippen MR) is 134 cm³/mol. The number of nitrogens with zero attached hydrogens (tertiary/aromatic N) is 5. The molecule has 0 saturated carbocycles. The minimum Gasteiger partial charge on any atom is -0.389 e. The van der Waals surface area contributed by atoms with E-state index in [1.165, 1.54) is 4.88 Å². The summed E-state index contributed by atoms with van der Waals surface area (Å²) >= 11 is 1.56. The number of halogens is 1. The smallest absolute Gasteiger partial charge is 0.205 e. The van der Waals surface area contributed by atoms with E-state index in [2.05, 4.69) is 34.7 Å². The molecule has 2 saturated heterocycles. The van der Waals surface area contributed by atoms with Crippen LogP contribution in [0.4, 0.5) is 9.39 Å². The molecule has 1 aliphatic carbocycles. The van der Waals surface area contributed by atoms with Crippen LogP contribution < -0.4 is 5.73 Å². The van der Waals surface area contributed by atoms with E-state index in [0.29, 0.717) is 41.9 Å². The first-order valence-corrected chi connectivity index (χ1v) is 12.9. The molecule has 2 N–H and O–H groups in total. The second-order valence-corrected chi connectivity index (χ2v) is 11.8. The number of amidine groups is 1. The van der Waals surface area contributed by atoms with Crippen molar-refractivity contribution in [3.63, 3.8) is 0 Å². The maximum atomic E-state index is 16.2. The highest BCUT2D eigenvalue weighted by Crippen LogP contribution is 2.51. The Morgan fingerprint density at radius 1 is 1.24 bits per heavy atom. The van der Waals surface area contributed by atoms with Crippen LogP contribution >= 0.6 is 11.3 Å². The molecule has 2 fully saturated rings. The van der Waals surface area contributed by atoms with E-state index in [1.807, 2.05) is 18.9 Å². The van der Waals surface area contributed by atoms with Crippen molar-refractivity contribution in [3.05, 3.63) is 27.7 Å². The van der Waals surface area contributed by atoms with Gasteiger partial charge in [-0.1, -0.05) is 13.8 Å². The number of aliphatic imine (C=N–C) groups is 1. The van der Waals surface area contributed by atoms with Crippen LogP contribution in [0.25, 0.3) is 0 Å². The fraction of sp³-hybridized carbons (Fsp3) is 0.680. The summed E-state index contributed by atoms with van der Waals surface area (Å²) in [6, 6.07) is 2.35. The monoisotopic (exact) mass is 472 g/mol. The number of hydrogen-bond acceptors (Lipinski definition) is 6. The van der Waals surface area contributed by atoms with E-state index in [0.717, 1.165) is 50.8 Å². The molecule has 8 heteroatoms. The molecule has 6 nitrogen and oxygen atoms in total. The Labute approximate surface area is 201 Å². The Morgan fingerprint density at radius 2 is 1.97 bits per heavy atom. The number of anilines is 1. The number of rotatable bonds is 4. The number of hydrogen-bond donors (Lipinski definition) is 1. The van der Waals surface area contributed by atoms with Crippen LogP contribution in [-0.4, -0.2) is 67.4 Å². The van der Waals surface area contributed by atoms with Crippen LogP contribution in [0.15, 0.2) is 16.6 Å². The van der Waals surface area contributed by atoms with Crippen molar-refractivity contribution >= 4 is 22.2 Å². The molecular formula is C25H37FN6S. The third-order valence-electron chi connectivity index (χ3n) is 7.64. The molecule has 4 rings (SSSR count). The molecule has 0 aromatic carbocycles. The van der Waals surface area contributed by atoms with Gasteiger partial charge in [0.1, 0.15) is 16.9 Å². The third kappa shape index (κ3) is 4.09. The van der Waals surface area contributed by atoms with E-state index in [1.54, 1.807) is 18.4 Å². The second-order valence-electron chi connectivity index (χ2n) is 10.6. The van der Waals surface area contributed by atoms with Gasteiger partial charge in [0, 0.05) is 57.1 Å². The van der Waals surface area contributed by atoms with Gasteiger partial charge in [-0.2, -0.15) is 9.65 Å². The first-order valence-electron chi connectivity index (χ1n) is 12.1. The van der Waals surface area contributed by atoms with Crippen LogP contribution in [0.2, 0.25) is 0 Å². The number of piperidine rings is 1. The van der Waals surface area contributed by atoms with Crippen molar-refractivity contribution in [3.8, 4) is 6.07 Å². The Morgan fingerprint density at radius 3 is 2.58 bits per heavy atom. The van der Waals surface area contributed by atoms with E-state index in [4.69, 9.17) is 5.73 Å². The van der Waals surface area contributed by atoms with Crippen molar-refractivity contribution in [2.24, 2.45) is 10.4 Å². The van der Waals surface area contributed by atoms with Crippen LogP contribution in [-0.2, 0) is 11.8 Å². The zero-order valence-corrected chi connectivity index (χ0v) is 21.5. The summed E-state index contributed by atoms with van der Waals surface area (Å²) in [6.45, 7) is 10.3.